The molecule has 0 unspecified atom stereocenters. The molecule has 0 aliphatic rings. The van der Waals surface area contributed by atoms with Crippen LogP contribution in [0.15, 0.2) is 54.6 Å². The number of allylic oxidation sites excluding steroid dienone is 1. The molecule has 1 heterocycles. The van der Waals surface area contributed by atoms with Crippen LogP contribution in [0.2, 0.25) is 0 Å². The van der Waals surface area contributed by atoms with Crippen molar-refractivity contribution in [1.82, 2.24) is 9.97 Å². The number of hydrogen-bond acceptors (Lipinski definition) is 5. The Kier molecular flexibility index (Phi) is 6.27. The maximum absolute atomic E-state index is 14.0. The first-order chi connectivity index (χ1) is 16.0. The molecular weight excluding hydrogens is 421 g/mol. The third kappa shape index (κ3) is 4.65. The predicted octanol–water partition coefficient (Wildman–Crippen LogP) is 5.67. The fourth-order valence-electron chi connectivity index (χ4n) is 3.46. The largest absolute Gasteiger partial charge is 0.493 e. The topological polar surface area (TPSA) is 80.2 Å². The number of halogens is 1. The average Bonchev–Trinajstić information content (AvgIpc) is 3.24. The molecule has 0 bridgehead atoms. The van der Waals surface area contributed by atoms with E-state index in [1.807, 2.05) is 25.1 Å². The minimum atomic E-state index is -0.352. The van der Waals surface area contributed by atoms with Crippen molar-refractivity contribution in [2.24, 2.45) is 0 Å². The molecule has 0 aliphatic carbocycles. The van der Waals surface area contributed by atoms with Crippen LogP contribution in [-0.4, -0.2) is 24.2 Å². The fourth-order valence-corrected chi connectivity index (χ4v) is 3.46. The second-order valence-electron chi connectivity index (χ2n) is 7.41. The minimum absolute atomic E-state index is 0.0103. The second-order valence-corrected chi connectivity index (χ2v) is 7.41. The molecular formula is C26H22FN3O3. The number of ether oxygens (including phenoxy) is 3. The van der Waals surface area contributed by atoms with Crippen molar-refractivity contribution in [3.8, 4) is 23.3 Å². The van der Waals surface area contributed by atoms with Gasteiger partial charge in [-0.3, -0.25) is 0 Å². The van der Waals surface area contributed by atoms with Gasteiger partial charge in [0.15, 0.2) is 11.5 Å². The van der Waals surface area contributed by atoms with Gasteiger partial charge in [-0.1, -0.05) is 24.3 Å². The van der Waals surface area contributed by atoms with E-state index in [0.717, 1.165) is 16.6 Å². The van der Waals surface area contributed by atoms with Gasteiger partial charge in [0.2, 0.25) is 5.75 Å². The van der Waals surface area contributed by atoms with E-state index in [-0.39, 0.29) is 12.4 Å². The molecule has 0 saturated heterocycles. The van der Waals surface area contributed by atoms with Crippen LogP contribution in [0.3, 0.4) is 0 Å². The van der Waals surface area contributed by atoms with Crippen molar-refractivity contribution in [3.05, 3.63) is 82.9 Å². The summed E-state index contributed by atoms with van der Waals surface area (Å²) >= 11 is 0. The van der Waals surface area contributed by atoms with Gasteiger partial charge in [0.05, 0.1) is 30.8 Å². The number of H-pyrrole nitrogens is 1. The van der Waals surface area contributed by atoms with Crippen LogP contribution in [0, 0.1) is 24.1 Å². The molecule has 0 radical (unpaired) electrons. The lowest BCUT2D eigenvalue weighted by Crippen LogP contribution is -2.02. The summed E-state index contributed by atoms with van der Waals surface area (Å²) in [6, 6.07) is 17.9. The smallest absolute Gasteiger partial charge is 0.203 e. The van der Waals surface area contributed by atoms with E-state index in [1.165, 1.54) is 20.3 Å². The zero-order chi connectivity index (χ0) is 23.4. The molecule has 33 heavy (non-hydrogen) atoms. The predicted molar refractivity (Wildman–Crippen MR) is 125 cm³/mol. The number of methoxy groups -OCH3 is 2. The van der Waals surface area contributed by atoms with E-state index < -0.39 is 0 Å². The van der Waals surface area contributed by atoms with Crippen LogP contribution in [0.1, 0.15) is 22.5 Å². The highest BCUT2D eigenvalue weighted by molar-refractivity contribution is 5.91. The molecule has 0 spiro atoms. The van der Waals surface area contributed by atoms with Gasteiger partial charge < -0.3 is 19.2 Å². The molecule has 1 aromatic heterocycles. The molecule has 4 rings (SSSR count). The number of aromatic amines is 1. The summed E-state index contributed by atoms with van der Waals surface area (Å²) in [6.07, 6.45) is 1.69. The molecule has 0 saturated carbocycles. The van der Waals surface area contributed by atoms with E-state index >= 15 is 0 Å². The molecule has 0 aliphatic heterocycles. The lowest BCUT2D eigenvalue weighted by Gasteiger charge is -2.15. The number of nitrogens with zero attached hydrogens (tertiary/aromatic N) is 2. The van der Waals surface area contributed by atoms with Gasteiger partial charge in [-0.05, 0) is 54.5 Å². The molecule has 3 aromatic carbocycles. The van der Waals surface area contributed by atoms with Gasteiger partial charge in [-0.15, -0.1) is 0 Å². The highest BCUT2D eigenvalue weighted by atomic mass is 19.1. The summed E-state index contributed by atoms with van der Waals surface area (Å²) in [7, 11) is 3.01. The van der Waals surface area contributed by atoms with E-state index in [4.69, 9.17) is 14.2 Å². The summed E-state index contributed by atoms with van der Waals surface area (Å²) in [5.41, 5.74) is 4.17. The highest BCUT2D eigenvalue weighted by Gasteiger charge is 2.16. The first kappa shape index (κ1) is 21.9. The van der Waals surface area contributed by atoms with Crippen LogP contribution in [0.25, 0.3) is 22.7 Å². The van der Waals surface area contributed by atoms with Crippen molar-refractivity contribution >= 4 is 22.7 Å². The third-order valence-corrected chi connectivity index (χ3v) is 5.14. The van der Waals surface area contributed by atoms with Crippen molar-refractivity contribution in [2.45, 2.75) is 13.5 Å². The number of aryl methyl sites for hydroxylation is 1. The van der Waals surface area contributed by atoms with Gasteiger partial charge in [0.25, 0.3) is 0 Å². The number of aromatic nitrogens is 2. The number of rotatable bonds is 7. The summed E-state index contributed by atoms with van der Waals surface area (Å²) < 4.78 is 30.8. The molecule has 166 valence electrons. The number of hydrogen-bond donors (Lipinski definition) is 1. The number of nitriles is 1. The molecule has 0 fully saturated rings. The van der Waals surface area contributed by atoms with Crippen molar-refractivity contribution in [1.29, 1.82) is 5.26 Å². The van der Waals surface area contributed by atoms with Crippen LogP contribution in [0.5, 0.6) is 17.2 Å². The van der Waals surface area contributed by atoms with Crippen LogP contribution < -0.4 is 14.2 Å². The summed E-state index contributed by atoms with van der Waals surface area (Å²) in [5.74, 6) is 1.26. The molecule has 6 nitrogen and oxygen atoms in total. The van der Waals surface area contributed by atoms with Crippen LogP contribution in [-0.2, 0) is 6.61 Å². The van der Waals surface area contributed by atoms with Gasteiger partial charge >= 0.3 is 0 Å². The first-order valence-electron chi connectivity index (χ1n) is 10.2. The standard InChI is InChI=1S/C26H22FN3O3/c1-16-8-9-21-22(10-16)30-26(29-21)19(14-28)11-17-12-23(31-2)25(24(13-17)32-3)33-15-18-6-4-5-7-20(18)27/h4-13H,15H2,1-3H3,(H,29,30)/b19-11+. The Morgan fingerprint density at radius 3 is 2.48 bits per heavy atom. The second kappa shape index (κ2) is 9.45. The SMILES string of the molecule is COc1cc(/C=C(\C#N)c2nc3ccc(C)cc3[nH]2)cc(OC)c1OCc1ccccc1F. The van der Waals surface area contributed by atoms with E-state index in [0.29, 0.717) is 39.8 Å². The average molecular weight is 443 g/mol. The number of imidazole rings is 1. The molecule has 4 aromatic rings. The van der Waals surface area contributed by atoms with Gasteiger partial charge in [-0.2, -0.15) is 5.26 Å². The summed E-state index contributed by atoms with van der Waals surface area (Å²) in [5, 5.41) is 9.76. The molecule has 0 atom stereocenters. The zero-order valence-electron chi connectivity index (χ0n) is 18.5. The third-order valence-electron chi connectivity index (χ3n) is 5.14. The Balaban J connectivity index is 1.69. The quantitative estimate of drug-likeness (QED) is 0.372. The lowest BCUT2D eigenvalue weighted by atomic mass is 10.1. The van der Waals surface area contributed by atoms with Crippen molar-refractivity contribution < 1.29 is 18.6 Å². The zero-order valence-corrected chi connectivity index (χ0v) is 18.5. The number of benzene rings is 3. The Bertz CT molecular complexity index is 1360. The monoisotopic (exact) mass is 443 g/mol. The Morgan fingerprint density at radius 2 is 1.82 bits per heavy atom. The fraction of sp³-hybridized carbons (Fsp3) is 0.154. The van der Waals surface area contributed by atoms with E-state index in [2.05, 4.69) is 16.0 Å². The maximum Gasteiger partial charge on any atom is 0.203 e. The number of fused-ring (bicyclic) bond motifs is 1. The van der Waals surface area contributed by atoms with Gasteiger partial charge in [-0.25, -0.2) is 9.37 Å². The molecule has 7 heteroatoms. The number of nitrogens with one attached hydrogen (secondary N) is 1. The van der Waals surface area contributed by atoms with Gasteiger partial charge in [0.1, 0.15) is 24.3 Å². The minimum Gasteiger partial charge on any atom is -0.493 e. The molecule has 1 N–H and O–H groups in total. The molecule has 0 amide bonds. The van der Waals surface area contributed by atoms with Crippen LogP contribution in [0.4, 0.5) is 4.39 Å². The highest BCUT2D eigenvalue weighted by Crippen LogP contribution is 2.40. The normalized spacial score (nSPS) is 11.3. The van der Waals surface area contributed by atoms with Crippen molar-refractivity contribution in [3.63, 3.8) is 0 Å². The Morgan fingerprint density at radius 1 is 1.09 bits per heavy atom. The maximum atomic E-state index is 14.0. The van der Waals surface area contributed by atoms with Crippen LogP contribution >= 0.6 is 0 Å². The Hall–Kier alpha value is -4.31. The van der Waals surface area contributed by atoms with E-state index in [1.54, 1.807) is 36.4 Å². The van der Waals surface area contributed by atoms with Crippen molar-refractivity contribution in [2.75, 3.05) is 14.2 Å². The summed E-state index contributed by atoms with van der Waals surface area (Å²) in [4.78, 5) is 7.72. The summed E-state index contributed by atoms with van der Waals surface area (Å²) in [6.45, 7) is 2.01. The lowest BCUT2D eigenvalue weighted by molar-refractivity contribution is 0.262. The first-order valence-corrected chi connectivity index (χ1v) is 10.2. The van der Waals surface area contributed by atoms with E-state index in [9.17, 15) is 9.65 Å². The Labute approximate surface area is 190 Å². The van der Waals surface area contributed by atoms with Gasteiger partial charge in [0, 0.05) is 5.56 Å².